The van der Waals surface area contributed by atoms with Gasteiger partial charge in [0.1, 0.15) is 5.82 Å². The van der Waals surface area contributed by atoms with Gasteiger partial charge in [-0.15, -0.1) is 0 Å². The van der Waals surface area contributed by atoms with Crippen LogP contribution in [0.5, 0.6) is 0 Å². The van der Waals surface area contributed by atoms with Gasteiger partial charge in [-0.2, -0.15) is 0 Å². The number of benzene rings is 1. The minimum absolute atomic E-state index is 0.0444. The van der Waals surface area contributed by atoms with Crippen LogP contribution in [0.4, 0.5) is 4.39 Å². The summed E-state index contributed by atoms with van der Waals surface area (Å²) in [5, 5.41) is 0. The van der Waals surface area contributed by atoms with Crippen LogP contribution in [-0.4, -0.2) is 24.0 Å². The molecule has 19 heavy (non-hydrogen) atoms. The maximum atomic E-state index is 13.1. The SMILES string of the molecule is CC1CC(C)CN(C(c2ccc(F)cc2)C(C)N)C1. The summed E-state index contributed by atoms with van der Waals surface area (Å²) in [5.41, 5.74) is 7.32. The second-order valence-corrected chi connectivity index (χ2v) is 6.26. The normalized spacial score (nSPS) is 28.1. The van der Waals surface area contributed by atoms with Gasteiger partial charge in [0, 0.05) is 25.2 Å². The Morgan fingerprint density at radius 3 is 2.16 bits per heavy atom. The van der Waals surface area contributed by atoms with Crippen LogP contribution in [0.1, 0.15) is 38.8 Å². The van der Waals surface area contributed by atoms with E-state index in [1.807, 2.05) is 19.1 Å². The van der Waals surface area contributed by atoms with Crippen LogP contribution < -0.4 is 5.73 Å². The molecule has 2 nitrogen and oxygen atoms in total. The lowest BCUT2D eigenvalue weighted by Crippen LogP contribution is -2.46. The van der Waals surface area contributed by atoms with Gasteiger partial charge < -0.3 is 5.73 Å². The molecule has 2 rings (SSSR count). The molecular weight excluding hydrogens is 239 g/mol. The van der Waals surface area contributed by atoms with Crippen LogP contribution in [-0.2, 0) is 0 Å². The molecule has 0 bridgehead atoms. The van der Waals surface area contributed by atoms with Gasteiger partial charge in [0.05, 0.1) is 0 Å². The minimum Gasteiger partial charge on any atom is -0.326 e. The minimum atomic E-state index is -0.187. The Bertz CT molecular complexity index is 392. The van der Waals surface area contributed by atoms with Crippen molar-refractivity contribution in [3.8, 4) is 0 Å². The summed E-state index contributed by atoms with van der Waals surface area (Å²) in [4.78, 5) is 2.47. The van der Waals surface area contributed by atoms with E-state index in [2.05, 4.69) is 18.7 Å². The third-order valence-corrected chi connectivity index (χ3v) is 4.00. The van der Waals surface area contributed by atoms with Crippen molar-refractivity contribution < 1.29 is 4.39 Å². The zero-order valence-electron chi connectivity index (χ0n) is 12.1. The topological polar surface area (TPSA) is 29.3 Å². The average Bonchev–Trinajstić information content (AvgIpc) is 2.30. The van der Waals surface area contributed by atoms with E-state index in [1.165, 1.54) is 18.6 Å². The second-order valence-electron chi connectivity index (χ2n) is 6.26. The molecule has 4 atom stereocenters. The number of likely N-dealkylation sites (tertiary alicyclic amines) is 1. The highest BCUT2D eigenvalue weighted by atomic mass is 19.1. The lowest BCUT2D eigenvalue weighted by atomic mass is 9.88. The summed E-state index contributed by atoms with van der Waals surface area (Å²) in [7, 11) is 0. The molecule has 2 N–H and O–H groups in total. The van der Waals surface area contributed by atoms with Crippen LogP contribution in [0.25, 0.3) is 0 Å². The number of rotatable bonds is 3. The molecule has 4 unspecified atom stereocenters. The maximum Gasteiger partial charge on any atom is 0.123 e. The van der Waals surface area contributed by atoms with Gasteiger partial charge in [0.15, 0.2) is 0 Å². The Balaban J connectivity index is 2.22. The number of piperidine rings is 1. The van der Waals surface area contributed by atoms with E-state index in [4.69, 9.17) is 5.73 Å². The zero-order chi connectivity index (χ0) is 14.0. The van der Waals surface area contributed by atoms with Crippen LogP contribution in [0.15, 0.2) is 24.3 Å². The molecule has 1 aromatic rings. The van der Waals surface area contributed by atoms with Crippen LogP contribution in [0.3, 0.4) is 0 Å². The molecule has 1 saturated heterocycles. The third kappa shape index (κ3) is 3.54. The molecule has 0 amide bonds. The molecule has 0 radical (unpaired) electrons. The Morgan fingerprint density at radius 1 is 1.16 bits per heavy atom. The summed E-state index contributed by atoms with van der Waals surface area (Å²) < 4.78 is 13.1. The molecule has 1 aliphatic rings. The summed E-state index contributed by atoms with van der Waals surface area (Å²) in [6.07, 6.45) is 1.28. The van der Waals surface area contributed by atoms with E-state index in [0.29, 0.717) is 11.8 Å². The van der Waals surface area contributed by atoms with Gasteiger partial charge in [-0.05, 0) is 42.9 Å². The van der Waals surface area contributed by atoms with Crippen LogP contribution in [0, 0.1) is 17.7 Å². The van der Waals surface area contributed by atoms with Crippen molar-refractivity contribution in [3.05, 3.63) is 35.6 Å². The van der Waals surface area contributed by atoms with Crippen molar-refractivity contribution in [1.82, 2.24) is 4.90 Å². The fourth-order valence-electron chi connectivity index (χ4n) is 3.45. The van der Waals surface area contributed by atoms with Gasteiger partial charge in [-0.1, -0.05) is 26.0 Å². The second kappa shape index (κ2) is 6.02. The Labute approximate surface area is 115 Å². The monoisotopic (exact) mass is 264 g/mol. The summed E-state index contributed by atoms with van der Waals surface area (Å²) in [5.74, 6) is 1.21. The molecule has 0 spiro atoms. The first-order valence-corrected chi connectivity index (χ1v) is 7.22. The van der Waals surface area contributed by atoms with Crippen molar-refractivity contribution in [2.75, 3.05) is 13.1 Å². The van der Waals surface area contributed by atoms with Crippen molar-refractivity contribution in [1.29, 1.82) is 0 Å². The standard InChI is InChI=1S/C16H25FN2/c1-11-8-12(2)10-19(9-11)16(13(3)18)14-4-6-15(17)7-5-14/h4-7,11-13,16H,8-10,18H2,1-3H3. The zero-order valence-corrected chi connectivity index (χ0v) is 12.1. The van der Waals surface area contributed by atoms with E-state index in [-0.39, 0.29) is 17.9 Å². The van der Waals surface area contributed by atoms with Crippen molar-refractivity contribution in [3.63, 3.8) is 0 Å². The Morgan fingerprint density at radius 2 is 1.68 bits per heavy atom. The Kier molecular flexibility index (Phi) is 4.58. The molecule has 0 saturated carbocycles. The van der Waals surface area contributed by atoms with E-state index in [1.54, 1.807) is 0 Å². The molecule has 0 aromatic heterocycles. The van der Waals surface area contributed by atoms with E-state index < -0.39 is 0 Å². The predicted octanol–water partition coefficient (Wildman–Crippen LogP) is 3.19. The molecule has 0 aliphatic carbocycles. The van der Waals surface area contributed by atoms with E-state index in [0.717, 1.165) is 18.7 Å². The third-order valence-electron chi connectivity index (χ3n) is 4.00. The first-order chi connectivity index (χ1) is 8.97. The van der Waals surface area contributed by atoms with Gasteiger partial charge in [-0.3, -0.25) is 4.90 Å². The highest BCUT2D eigenvalue weighted by Gasteiger charge is 2.30. The number of halogens is 1. The van der Waals surface area contributed by atoms with E-state index in [9.17, 15) is 4.39 Å². The smallest absolute Gasteiger partial charge is 0.123 e. The number of nitrogens with two attached hydrogens (primary N) is 1. The van der Waals surface area contributed by atoms with E-state index >= 15 is 0 Å². The predicted molar refractivity (Wildman–Crippen MR) is 77.3 cm³/mol. The summed E-state index contributed by atoms with van der Waals surface area (Å²) in [6, 6.07) is 7.03. The van der Waals surface area contributed by atoms with Gasteiger partial charge in [0.25, 0.3) is 0 Å². The highest BCUT2D eigenvalue weighted by Crippen LogP contribution is 2.31. The molecular formula is C16H25FN2. The number of hydrogen-bond donors (Lipinski definition) is 1. The fraction of sp³-hybridized carbons (Fsp3) is 0.625. The first kappa shape index (κ1) is 14.5. The van der Waals surface area contributed by atoms with Crippen molar-refractivity contribution in [2.24, 2.45) is 17.6 Å². The molecule has 106 valence electrons. The van der Waals surface area contributed by atoms with Crippen molar-refractivity contribution >= 4 is 0 Å². The molecule has 1 aromatic carbocycles. The fourth-order valence-corrected chi connectivity index (χ4v) is 3.45. The molecule has 1 aliphatic heterocycles. The number of nitrogens with zero attached hydrogens (tertiary/aromatic N) is 1. The van der Waals surface area contributed by atoms with Crippen molar-refractivity contribution in [2.45, 2.75) is 39.3 Å². The van der Waals surface area contributed by atoms with Crippen LogP contribution in [0.2, 0.25) is 0 Å². The molecule has 1 fully saturated rings. The average molecular weight is 264 g/mol. The largest absolute Gasteiger partial charge is 0.326 e. The first-order valence-electron chi connectivity index (χ1n) is 7.22. The quantitative estimate of drug-likeness (QED) is 0.908. The maximum absolute atomic E-state index is 13.1. The van der Waals surface area contributed by atoms with Gasteiger partial charge >= 0.3 is 0 Å². The van der Waals surface area contributed by atoms with Crippen LogP contribution >= 0.6 is 0 Å². The van der Waals surface area contributed by atoms with Gasteiger partial charge in [0.2, 0.25) is 0 Å². The lowest BCUT2D eigenvalue weighted by Gasteiger charge is -2.42. The summed E-state index contributed by atoms with van der Waals surface area (Å²) >= 11 is 0. The summed E-state index contributed by atoms with van der Waals surface area (Å²) in [6.45, 7) is 8.79. The Hall–Kier alpha value is -0.930. The number of hydrogen-bond acceptors (Lipinski definition) is 2. The molecule has 1 heterocycles. The molecule has 3 heteroatoms. The highest BCUT2D eigenvalue weighted by molar-refractivity contribution is 5.21. The lowest BCUT2D eigenvalue weighted by molar-refractivity contribution is 0.0846. The van der Waals surface area contributed by atoms with Gasteiger partial charge in [-0.25, -0.2) is 4.39 Å².